The van der Waals surface area contributed by atoms with Crippen LogP contribution < -0.4 is 5.32 Å². The van der Waals surface area contributed by atoms with Crippen molar-refractivity contribution in [1.82, 2.24) is 10.2 Å². The third-order valence-corrected chi connectivity index (χ3v) is 5.75. The topological polar surface area (TPSA) is 49.4 Å². The maximum Gasteiger partial charge on any atom is 0.253 e. The highest BCUT2D eigenvalue weighted by atomic mass is 35.5. The number of nitrogens with one attached hydrogen (secondary N) is 1. The Morgan fingerprint density at radius 1 is 1.15 bits per heavy atom. The van der Waals surface area contributed by atoms with Gasteiger partial charge in [-0.05, 0) is 49.5 Å². The molecule has 0 spiro atoms. The summed E-state index contributed by atoms with van der Waals surface area (Å²) in [6.45, 7) is 1.54. The zero-order valence-electron chi connectivity index (χ0n) is 15.1. The van der Waals surface area contributed by atoms with Crippen molar-refractivity contribution in [2.45, 2.75) is 44.6 Å². The molecule has 0 aliphatic carbocycles. The summed E-state index contributed by atoms with van der Waals surface area (Å²) in [6.07, 6.45) is 8.21. The molecule has 1 fully saturated rings. The Balaban J connectivity index is 2.09. The minimum atomic E-state index is -0.527. The van der Waals surface area contributed by atoms with Gasteiger partial charge in [0.15, 0.2) is 0 Å². The summed E-state index contributed by atoms with van der Waals surface area (Å²) in [4.78, 5) is 27.6. The zero-order valence-corrected chi connectivity index (χ0v) is 17.4. The molecule has 1 aliphatic rings. The van der Waals surface area contributed by atoms with E-state index in [1.165, 1.54) is 12.5 Å². The second-order valence-electron chi connectivity index (χ2n) is 6.52. The van der Waals surface area contributed by atoms with Gasteiger partial charge in [0.25, 0.3) is 5.91 Å². The second kappa shape index (κ2) is 11.1. The number of rotatable bonds is 6. The van der Waals surface area contributed by atoms with Crippen LogP contribution in [0, 0.1) is 0 Å². The van der Waals surface area contributed by atoms with Gasteiger partial charge in [-0.25, -0.2) is 0 Å². The van der Waals surface area contributed by atoms with E-state index < -0.39 is 6.04 Å². The third kappa shape index (κ3) is 6.36. The average molecular weight is 417 g/mol. The van der Waals surface area contributed by atoms with E-state index in [2.05, 4.69) is 5.32 Å². The van der Waals surface area contributed by atoms with E-state index in [4.69, 9.17) is 23.2 Å². The molecule has 2 rings (SSSR count). The van der Waals surface area contributed by atoms with E-state index in [0.29, 0.717) is 17.0 Å². The van der Waals surface area contributed by atoms with Gasteiger partial charge in [-0.1, -0.05) is 42.5 Å². The number of carbonyl (C=O) groups excluding carboxylic acids is 2. The molecule has 0 saturated carbocycles. The summed E-state index contributed by atoms with van der Waals surface area (Å²) in [5.74, 6) is 0.483. The molecule has 1 atom stereocenters. The van der Waals surface area contributed by atoms with Crippen molar-refractivity contribution in [2.75, 3.05) is 25.1 Å². The van der Waals surface area contributed by atoms with Gasteiger partial charge in [-0.15, -0.1) is 0 Å². The van der Waals surface area contributed by atoms with Gasteiger partial charge in [0.1, 0.15) is 6.04 Å². The highest BCUT2D eigenvalue weighted by Gasteiger charge is 2.26. The monoisotopic (exact) mass is 416 g/mol. The van der Waals surface area contributed by atoms with Crippen LogP contribution >= 0.6 is 35.0 Å². The van der Waals surface area contributed by atoms with Crippen molar-refractivity contribution in [2.24, 2.45) is 0 Å². The van der Waals surface area contributed by atoms with E-state index in [-0.39, 0.29) is 16.8 Å². The summed E-state index contributed by atoms with van der Waals surface area (Å²) in [6, 6.07) is 4.22. The fourth-order valence-corrected chi connectivity index (χ4v) is 4.06. The van der Waals surface area contributed by atoms with Gasteiger partial charge in [-0.2, -0.15) is 11.8 Å². The first-order valence-electron chi connectivity index (χ1n) is 9.06. The maximum absolute atomic E-state index is 13.0. The molecule has 1 saturated heterocycles. The lowest BCUT2D eigenvalue weighted by molar-refractivity contribution is -0.133. The van der Waals surface area contributed by atoms with Gasteiger partial charge in [0.05, 0.1) is 10.6 Å². The number of nitrogens with zero attached hydrogens (tertiary/aromatic N) is 1. The molecule has 144 valence electrons. The number of benzene rings is 1. The molecule has 0 aromatic heterocycles. The van der Waals surface area contributed by atoms with Gasteiger partial charge in [0, 0.05) is 18.1 Å². The molecule has 26 heavy (non-hydrogen) atoms. The second-order valence-corrected chi connectivity index (χ2v) is 8.35. The predicted octanol–water partition coefficient (Wildman–Crippen LogP) is 4.64. The average Bonchev–Trinajstić information content (AvgIpc) is 2.57. The SMILES string of the molecule is CSCC[C@@H](NC(=O)c1ccc(Cl)cc1Cl)C(=O)N1CCCCCCC1. The molecular weight excluding hydrogens is 391 g/mol. The largest absolute Gasteiger partial charge is 0.341 e. The highest BCUT2D eigenvalue weighted by molar-refractivity contribution is 7.98. The molecule has 1 aromatic carbocycles. The van der Waals surface area contributed by atoms with Crippen molar-refractivity contribution in [3.05, 3.63) is 33.8 Å². The molecule has 1 heterocycles. The fourth-order valence-electron chi connectivity index (χ4n) is 3.09. The van der Waals surface area contributed by atoms with E-state index >= 15 is 0 Å². The van der Waals surface area contributed by atoms with Crippen LogP contribution in [-0.4, -0.2) is 47.9 Å². The van der Waals surface area contributed by atoms with Crippen LogP contribution in [0.5, 0.6) is 0 Å². The standard InChI is InChI=1S/C19H26Cl2N2O2S/c1-26-12-9-17(19(25)23-10-5-3-2-4-6-11-23)22-18(24)15-8-7-14(20)13-16(15)21/h7-8,13,17H,2-6,9-12H2,1H3,(H,22,24)/t17-/m1/s1. The molecule has 0 bridgehead atoms. The third-order valence-electron chi connectivity index (χ3n) is 4.56. The smallest absolute Gasteiger partial charge is 0.253 e. The van der Waals surface area contributed by atoms with Crippen molar-refractivity contribution in [1.29, 1.82) is 0 Å². The number of likely N-dealkylation sites (tertiary alicyclic amines) is 1. The van der Waals surface area contributed by atoms with Crippen LogP contribution in [0.2, 0.25) is 10.0 Å². The van der Waals surface area contributed by atoms with E-state index in [1.807, 2.05) is 11.2 Å². The molecule has 1 aliphatic heterocycles. The van der Waals surface area contributed by atoms with Crippen LogP contribution in [0.1, 0.15) is 48.9 Å². The van der Waals surface area contributed by atoms with E-state index in [1.54, 1.807) is 23.9 Å². The first-order chi connectivity index (χ1) is 12.5. The Labute approximate surface area is 170 Å². The molecule has 2 amide bonds. The van der Waals surface area contributed by atoms with Crippen LogP contribution in [-0.2, 0) is 4.79 Å². The van der Waals surface area contributed by atoms with Gasteiger partial charge in [0.2, 0.25) is 5.91 Å². The Kier molecular flexibility index (Phi) is 9.09. The Morgan fingerprint density at radius 2 is 1.81 bits per heavy atom. The normalized spacial score (nSPS) is 16.5. The summed E-state index contributed by atoms with van der Waals surface area (Å²) in [5, 5.41) is 3.65. The number of hydrogen-bond donors (Lipinski definition) is 1. The first kappa shape index (κ1) is 21.4. The molecule has 7 heteroatoms. The number of halogens is 2. The molecule has 1 N–H and O–H groups in total. The molecule has 0 unspecified atom stereocenters. The van der Waals surface area contributed by atoms with Crippen molar-refractivity contribution < 1.29 is 9.59 Å². The van der Waals surface area contributed by atoms with Crippen molar-refractivity contribution >= 4 is 46.8 Å². The fraction of sp³-hybridized carbons (Fsp3) is 0.579. The van der Waals surface area contributed by atoms with Crippen LogP contribution in [0.3, 0.4) is 0 Å². The Hall–Kier alpha value is -0.910. The zero-order chi connectivity index (χ0) is 18.9. The summed E-state index contributed by atoms with van der Waals surface area (Å²) in [5.41, 5.74) is 0.339. The summed E-state index contributed by atoms with van der Waals surface area (Å²) < 4.78 is 0. The molecule has 1 aromatic rings. The number of carbonyl (C=O) groups is 2. The predicted molar refractivity (Wildman–Crippen MR) is 110 cm³/mol. The lowest BCUT2D eigenvalue weighted by Gasteiger charge is -2.29. The lowest BCUT2D eigenvalue weighted by atomic mass is 10.1. The van der Waals surface area contributed by atoms with Crippen LogP contribution in [0.15, 0.2) is 18.2 Å². The summed E-state index contributed by atoms with van der Waals surface area (Å²) in [7, 11) is 0. The molecule has 0 radical (unpaired) electrons. The highest BCUT2D eigenvalue weighted by Crippen LogP contribution is 2.21. The Bertz CT molecular complexity index is 620. The van der Waals surface area contributed by atoms with Gasteiger partial charge >= 0.3 is 0 Å². The number of thioether (sulfide) groups is 1. The lowest BCUT2D eigenvalue weighted by Crippen LogP contribution is -2.49. The van der Waals surface area contributed by atoms with E-state index in [0.717, 1.165) is 44.5 Å². The van der Waals surface area contributed by atoms with Crippen molar-refractivity contribution in [3.8, 4) is 0 Å². The first-order valence-corrected chi connectivity index (χ1v) is 11.2. The van der Waals surface area contributed by atoms with Crippen molar-refractivity contribution in [3.63, 3.8) is 0 Å². The van der Waals surface area contributed by atoms with Crippen LogP contribution in [0.4, 0.5) is 0 Å². The van der Waals surface area contributed by atoms with Gasteiger partial charge in [-0.3, -0.25) is 9.59 Å². The summed E-state index contributed by atoms with van der Waals surface area (Å²) >= 11 is 13.7. The maximum atomic E-state index is 13.0. The van der Waals surface area contributed by atoms with Gasteiger partial charge < -0.3 is 10.2 Å². The minimum absolute atomic E-state index is 0.0133. The molecule has 4 nitrogen and oxygen atoms in total. The molecular formula is C19H26Cl2N2O2S. The number of hydrogen-bond acceptors (Lipinski definition) is 3. The van der Waals surface area contributed by atoms with E-state index in [9.17, 15) is 9.59 Å². The van der Waals surface area contributed by atoms with Crippen LogP contribution in [0.25, 0.3) is 0 Å². The quantitative estimate of drug-likeness (QED) is 0.734. The number of amides is 2. The Morgan fingerprint density at radius 3 is 2.42 bits per heavy atom. The minimum Gasteiger partial charge on any atom is -0.341 e.